The molecule has 0 saturated heterocycles. The lowest BCUT2D eigenvalue weighted by molar-refractivity contribution is 0.436. The van der Waals surface area contributed by atoms with Gasteiger partial charge in [-0.1, -0.05) is 146 Å². The van der Waals surface area contributed by atoms with Gasteiger partial charge in [0.15, 0.2) is 17.5 Å². The van der Waals surface area contributed by atoms with Crippen LogP contribution in [0.25, 0.3) is 67.2 Å². The first-order valence-corrected chi connectivity index (χ1v) is 18.7. The molecule has 0 radical (unpaired) electrons. The quantitative estimate of drug-likeness (QED) is 0.181. The Morgan fingerprint density at radius 2 is 0.964 bits per heavy atom. The molecule has 0 unspecified atom stereocenters. The van der Waals surface area contributed by atoms with Gasteiger partial charge in [0, 0.05) is 27.8 Å². The Balaban J connectivity index is 1.19. The average Bonchev–Trinajstić information content (AvgIpc) is 3.55. The fourth-order valence-electron chi connectivity index (χ4n) is 8.75. The van der Waals surface area contributed by atoms with E-state index in [1.807, 2.05) is 60.7 Å². The minimum atomic E-state index is -0.720. The van der Waals surface area contributed by atoms with E-state index in [2.05, 4.69) is 127 Å². The maximum absolute atomic E-state index is 9.75. The van der Waals surface area contributed by atoms with Crippen molar-refractivity contribution in [3.63, 3.8) is 0 Å². The van der Waals surface area contributed by atoms with Crippen molar-refractivity contribution in [3.05, 3.63) is 210 Å². The van der Waals surface area contributed by atoms with Crippen LogP contribution >= 0.6 is 0 Å². The molecule has 0 fully saturated rings. The molecule has 9 aromatic rings. The second-order valence-electron chi connectivity index (χ2n) is 14.3. The van der Waals surface area contributed by atoms with Crippen LogP contribution in [0.15, 0.2) is 182 Å². The van der Waals surface area contributed by atoms with Gasteiger partial charge in [0.05, 0.1) is 17.0 Å². The molecule has 8 aromatic carbocycles. The van der Waals surface area contributed by atoms with Crippen molar-refractivity contribution in [1.82, 2.24) is 15.0 Å². The summed E-state index contributed by atoms with van der Waals surface area (Å²) in [7, 11) is 0. The standard InChI is InChI=1S/C51H30N4O/c52-31-32-12-10-17-35(28-32)36-24-26-39-40-27-25-37(30-45(40)51(44(39)29-36)42-20-6-8-22-46(42)56-47-23-9-7-21-43(47)51)49-53-48(34-14-2-1-3-15-34)54-50(55-49)41-19-11-16-33-13-4-5-18-38(33)41/h1-30H. The van der Waals surface area contributed by atoms with E-state index in [9.17, 15) is 5.26 Å². The van der Waals surface area contributed by atoms with E-state index in [0.29, 0.717) is 23.0 Å². The molecular weight excluding hydrogens is 685 g/mol. The van der Waals surface area contributed by atoms with Gasteiger partial charge in [-0.2, -0.15) is 5.26 Å². The smallest absolute Gasteiger partial charge is 0.164 e. The Hall–Kier alpha value is -7.68. The number of ether oxygens (including phenoxy) is 1. The molecule has 5 nitrogen and oxygen atoms in total. The largest absolute Gasteiger partial charge is 0.457 e. The summed E-state index contributed by atoms with van der Waals surface area (Å²) < 4.78 is 6.65. The van der Waals surface area contributed by atoms with E-state index in [0.717, 1.165) is 83.5 Å². The van der Waals surface area contributed by atoms with Crippen LogP contribution in [-0.4, -0.2) is 15.0 Å². The van der Waals surface area contributed by atoms with Gasteiger partial charge < -0.3 is 4.74 Å². The van der Waals surface area contributed by atoms with Gasteiger partial charge in [0.2, 0.25) is 0 Å². The molecule has 0 amide bonds. The first-order valence-electron chi connectivity index (χ1n) is 18.7. The number of hydrogen-bond donors (Lipinski definition) is 0. The second-order valence-corrected chi connectivity index (χ2v) is 14.3. The molecule has 260 valence electrons. The fourth-order valence-corrected chi connectivity index (χ4v) is 8.75. The Bertz CT molecular complexity index is 3040. The van der Waals surface area contributed by atoms with E-state index < -0.39 is 5.41 Å². The van der Waals surface area contributed by atoms with E-state index >= 15 is 0 Å². The zero-order valence-electron chi connectivity index (χ0n) is 30.0. The van der Waals surface area contributed by atoms with Crippen molar-refractivity contribution in [1.29, 1.82) is 5.26 Å². The van der Waals surface area contributed by atoms with Crippen LogP contribution in [0.3, 0.4) is 0 Å². The van der Waals surface area contributed by atoms with Gasteiger partial charge in [-0.25, -0.2) is 15.0 Å². The maximum Gasteiger partial charge on any atom is 0.164 e. The molecule has 0 N–H and O–H groups in total. The van der Waals surface area contributed by atoms with Crippen molar-refractivity contribution in [2.45, 2.75) is 5.41 Å². The average molecular weight is 715 g/mol. The lowest BCUT2D eigenvalue weighted by Crippen LogP contribution is -2.32. The minimum absolute atomic E-state index is 0.596. The number of aromatic nitrogens is 3. The van der Waals surface area contributed by atoms with Gasteiger partial charge >= 0.3 is 0 Å². The first-order chi connectivity index (χ1) is 27.7. The Kier molecular flexibility index (Phi) is 7.07. The normalized spacial score (nSPS) is 12.9. The lowest BCUT2D eigenvalue weighted by atomic mass is 9.65. The summed E-state index contributed by atoms with van der Waals surface area (Å²) in [6.45, 7) is 0. The minimum Gasteiger partial charge on any atom is -0.457 e. The number of benzene rings is 8. The van der Waals surface area contributed by atoms with Crippen LogP contribution in [0, 0.1) is 11.3 Å². The first kappa shape index (κ1) is 31.8. The zero-order valence-corrected chi connectivity index (χ0v) is 30.0. The maximum atomic E-state index is 9.75. The molecule has 5 heteroatoms. The summed E-state index contributed by atoms with van der Waals surface area (Å²) in [6, 6.07) is 64.9. The summed E-state index contributed by atoms with van der Waals surface area (Å²) in [6.07, 6.45) is 0. The molecule has 1 aromatic heterocycles. The summed E-state index contributed by atoms with van der Waals surface area (Å²) in [4.78, 5) is 15.5. The number of hydrogen-bond acceptors (Lipinski definition) is 5. The third-order valence-corrected chi connectivity index (χ3v) is 11.2. The van der Waals surface area contributed by atoms with Gasteiger partial charge in [-0.15, -0.1) is 0 Å². The highest BCUT2D eigenvalue weighted by molar-refractivity contribution is 5.96. The SMILES string of the molecule is N#Cc1cccc(-c2ccc3c(c2)C2(c4ccccc4Oc4ccccc42)c2cc(-c4nc(-c5ccccc5)nc(-c5cccc6ccccc56)n4)ccc2-3)c1. The van der Waals surface area contributed by atoms with Gasteiger partial charge in [-0.3, -0.25) is 0 Å². The highest BCUT2D eigenvalue weighted by Gasteiger charge is 2.51. The Labute approximate surface area is 323 Å². The summed E-state index contributed by atoms with van der Waals surface area (Å²) >= 11 is 0. The number of nitriles is 1. The third-order valence-electron chi connectivity index (χ3n) is 11.2. The van der Waals surface area contributed by atoms with Crippen LogP contribution in [-0.2, 0) is 5.41 Å². The third kappa shape index (κ3) is 4.76. The fraction of sp³-hybridized carbons (Fsp3) is 0.0196. The van der Waals surface area contributed by atoms with Gasteiger partial charge in [0.1, 0.15) is 11.5 Å². The highest BCUT2D eigenvalue weighted by Crippen LogP contribution is 2.62. The van der Waals surface area contributed by atoms with E-state index in [1.165, 1.54) is 0 Å². The molecule has 0 atom stereocenters. The predicted octanol–water partition coefficient (Wildman–Crippen LogP) is 12.0. The molecule has 0 saturated carbocycles. The van der Waals surface area contributed by atoms with Gasteiger partial charge in [0.25, 0.3) is 0 Å². The lowest BCUT2D eigenvalue weighted by Gasteiger charge is -2.39. The van der Waals surface area contributed by atoms with Crippen molar-refractivity contribution < 1.29 is 4.74 Å². The van der Waals surface area contributed by atoms with Gasteiger partial charge in [-0.05, 0) is 80.6 Å². The molecule has 2 aliphatic rings. The van der Waals surface area contributed by atoms with E-state index in [1.54, 1.807) is 0 Å². The number of fused-ring (bicyclic) bond motifs is 10. The number of para-hydroxylation sites is 2. The molecule has 1 aliphatic heterocycles. The molecule has 2 heterocycles. The van der Waals surface area contributed by atoms with E-state index in [4.69, 9.17) is 19.7 Å². The topological polar surface area (TPSA) is 71.7 Å². The van der Waals surface area contributed by atoms with Crippen molar-refractivity contribution in [2.75, 3.05) is 0 Å². The number of nitrogens with zero attached hydrogens (tertiary/aromatic N) is 4. The highest BCUT2D eigenvalue weighted by atomic mass is 16.5. The van der Waals surface area contributed by atoms with Crippen LogP contribution in [0.5, 0.6) is 11.5 Å². The molecule has 1 spiro atoms. The van der Waals surface area contributed by atoms with Crippen LogP contribution < -0.4 is 4.74 Å². The predicted molar refractivity (Wildman–Crippen MR) is 221 cm³/mol. The summed E-state index contributed by atoms with van der Waals surface area (Å²) in [5.74, 6) is 3.46. The van der Waals surface area contributed by atoms with Crippen LogP contribution in [0.2, 0.25) is 0 Å². The molecule has 56 heavy (non-hydrogen) atoms. The van der Waals surface area contributed by atoms with Crippen LogP contribution in [0.4, 0.5) is 0 Å². The molecule has 11 rings (SSSR count). The van der Waals surface area contributed by atoms with E-state index in [-0.39, 0.29) is 0 Å². The second kappa shape index (κ2) is 12.4. The number of rotatable bonds is 4. The monoisotopic (exact) mass is 714 g/mol. The Morgan fingerprint density at radius 3 is 1.71 bits per heavy atom. The van der Waals surface area contributed by atoms with Crippen molar-refractivity contribution in [3.8, 4) is 74.0 Å². The molecule has 0 bridgehead atoms. The molecule has 1 aliphatic carbocycles. The molecular formula is C51H30N4O. The Morgan fingerprint density at radius 1 is 0.411 bits per heavy atom. The zero-order chi connectivity index (χ0) is 37.2. The van der Waals surface area contributed by atoms with Crippen molar-refractivity contribution >= 4 is 10.8 Å². The van der Waals surface area contributed by atoms with Crippen molar-refractivity contribution in [2.24, 2.45) is 0 Å². The summed E-state index contributed by atoms with van der Waals surface area (Å²) in [5, 5.41) is 12.0. The summed E-state index contributed by atoms with van der Waals surface area (Å²) in [5.41, 5.74) is 11.4. The van der Waals surface area contributed by atoms with Crippen LogP contribution in [0.1, 0.15) is 27.8 Å².